The van der Waals surface area contributed by atoms with E-state index < -0.39 is 10.0 Å². The number of hydrogen-bond acceptors (Lipinski definition) is 4. The molecule has 20 heavy (non-hydrogen) atoms. The van der Waals surface area contributed by atoms with Gasteiger partial charge in [0.2, 0.25) is 10.0 Å². The molecule has 2 rings (SSSR count). The standard InChI is InChI=1S/C13H15BrN2O3S/c1-2-16(9-11-4-3-7-19-11)20(17,18)13-8-10(15)5-6-12(13)14/h3-8H,2,9,15H2,1H3. The van der Waals surface area contributed by atoms with Crippen LogP contribution >= 0.6 is 15.9 Å². The van der Waals surface area contributed by atoms with Crippen LogP contribution in [-0.4, -0.2) is 19.3 Å². The van der Waals surface area contributed by atoms with E-state index in [0.717, 1.165) is 0 Å². The smallest absolute Gasteiger partial charge is 0.244 e. The largest absolute Gasteiger partial charge is 0.468 e. The molecule has 1 aromatic carbocycles. The van der Waals surface area contributed by atoms with Crippen LogP contribution in [0.15, 0.2) is 50.4 Å². The summed E-state index contributed by atoms with van der Waals surface area (Å²) in [6.07, 6.45) is 1.52. The quantitative estimate of drug-likeness (QED) is 0.833. The SMILES string of the molecule is CCN(Cc1ccco1)S(=O)(=O)c1cc(N)ccc1Br. The summed E-state index contributed by atoms with van der Waals surface area (Å²) >= 11 is 3.26. The van der Waals surface area contributed by atoms with Crippen molar-refractivity contribution in [1.29, 1.82) is 0 Å². The molecule has 0 unspecified atom stereocenters. The Morgan fingerprint density at radius 1 is 1.35 bits per heavy atom. The van der Waals surface area contributed by atoms with E-state index in [-0.39, 0.29) is 11.4 Å². The molecule has 0 atom stereocenters. The van der Waals surface area contributed by atoms with Crippen LogP contribution in [0.25, 0.3) is 0 Å². The lowest BCUT2D eigenvalue weighted by Crippen LogP contribution is -2.30. The van der Waals surface area contributed by atoms with Crippen LogP contribution in [0.1, 0.15) is 12.7 Å². The number of nitrogens with two attached hydrogens (primary N) is 1. The van der Waals surface area contributed by atoms with Crippen molar-refractivity contribution in [1.82, 2.24) is 4.31 Å². The van der Waals surface area contributed by atoms with E-state index in [0.29, 0.717) is 22.5 Å². The lowest BCUT2D eigenvalue weighted by Gasteiger charge is -2.20. The van der Waals surface area contributed by atoms with E-state index in [9.17, 15) is 8.42 Å². The van der Waals surface area contributed by atoms with Crippen LogP contribution in [0.5, 0.6) is 0 Å². The van der Waals surface area contributed by atoms with Crippen molar-refractivity contribution in [2.75, 3.05) is 12.3 Å². The molecular formula is C13H15BrN2O3S. The highest BCUT2D eigenvalue weighted by molar-refractivity contribution is 9.10. The Morgan fingerprint density at radius 2 is 2.10 bits per heavy atom. The number of sulfonamides is 1. The fourth-order valence-corrected chi connectivity index (χ4v) is 4.17. The van der Waals surface area contributed by atoms with Crippen molar-refractivity contribution in [3.05, 3.63) is 46.8 Å². The van der Waals surface area contributed by atoms with Gasteiger partial charge in [-0.05, 0) is 46.3 Å². The number of rotatable bonds is 5. The third-order valence-corrected chi connectivity index (χ3v) is 5.75. The van der Waals surface area contributed by atoms with Gasteiger partial charge in [0, 0.05) is 16.7 Å². The Bertz CT molecular complexity index is 684. The Kier molecular flexibility index (Phi) is 4.52. The van der Waals surface area contributed by atoms with Gasteiger partial charge in [0.05, 0.1) is 17.7 Å². The van der Waals surface area contributed by atoms with Gasteiger partial charge in [-0.25, -0.2) is 8.42 Å². The van der Waals surface area contributed by atoms with E-state index >= 15 is 0 Å². The Labute approximate surface area is 126 Å². The molecule has 1 heterocycles. The molecule has 0 saturated carbocycles. The van der Waals surface area contributed by atoms with Crippen LogP contribution in [0.3, 0.4) is 0 Å². The second-order valence-electron chi connectivity index (χ2n) is 4.20. The number of anilines is 1. The number of benzene rings is 1. The summed E-state index contributed by atoms with van der Waals surface area (Å²) in [6.45, 7) is 2.30. The molecular weight excluding hydrogens is 344 g/mol. The topological polar surface area (TPSA) is 76.5 Å². The molecule has 0 bridgehead atoms. The highest BCUT2D eigenvalue weighted by Crippen LogP contribution is 2.28. The summed E-state index contributed by atoms with van der Waals surface area (Å²) in [5, 5.41) is 0. The zero-order valence-corrected chi connectivity index (χ0v) is 13.3. The van der Waals surface area contributed by atoms with Crippen LogP contribution in [-0.2, 0) is 16.6 Å². The molecule has 5 nitrogen and oxygen atoms in total. The summed E-state index contributed by atoms with van der Waals surface area (Å²) in [6, 6.07) is 8.19. The van der Waals surface area contributed by atoms with Gasteiger partial charge in [0.25, 0.3) is 0 Å². The number of halogens is 1. The average molecular weight is 359 g/mol. The molecule has 2 aromatic rings. The van der Waals surface area contributed by atoms with Gasteiger partial charge in [-0.15, -0.1) is 0 Å². The first-order chi connectivity index (χ1) is 9.45. The number of hydrogen-bond donors (Lipinski definition) is 1. The zero-order chi connectivity index (χ0) is 14.8. The molecule has 0 fully saturated rings. The highest BCUT2D eigenvalue weighted by atomic mass is 79.9. The molecule has 0 aliphatic carbocycles. The minimum atomic E-state index is -3.63. The van der Waals surface area contributed by atoms with Gasteiger partial charge in [0.1, 0.15) is 5.76 Å². The van der Waals surface area contributed by atoms with Crippen molar-refractivity contribution in [3.8, 4) is 0 Å². The van der Waals surface area contributed by atoms with E-state index in [2.05, 4.69) is 15.9 Å². The third-order valence-electron chi connectivity index (χ3n) is 2.84. The molecule has 2 N–H and O–H groups in total. The maximum Gasteiger partial charge on any atom is 0.244 e. The molecule has 1 aromatic heterocycles. The van der Waals surface area contributed by atoms with Gasteiger partial charge < -0.3 is 10.2 Å². The highest BCUT2D eigenvalue weighted by Gasteiger charge is 2.26. The summed E-state index contributed by atoms with van der Waals surface area (Å²) < 4.78 is 32.4. The van der Waals surface area contributed by atoms with E-state index in [4.69, 9.17) is 10.2 Å². The van der Waals surface area contributed by atoms with Gasteiger partial charge in [-0.1, -0.05) is 6.92 Å². The predicted molar refractivity (Wildman–Crippen MR) is 80.5 cm³/mol. The van der Waals surface area contributed by atoms with E-state index in [1.807, 2.05) is 0 Å². The average Bonchev–Trinajstić information content (AvgIpc) is 2.91. The summed E-state index contributed by atoms with van der Waals surface area (Å²) in [7, 11) is -3.63. The summed E-state index contributed by atoms with van der Waals surface area (Å²) in [5.74, 6) is 0.593. The zero-order valence-electron chi connectivity index (χ0n) is 10.9. The molecule has 0 aliphatic heterocycles. The Hall–Kier alpha value is -1.31. The minimum absolute atomic E-state index is 0.158. The first-order valence-corrected chi connectivity index (χ1v) is 8.26. The molecule has 0 spiro atoms. The lowest BCUT2D eigenvalue weighted by atomic mass is 10.3. The maximum absolute atomic E-state index is 12.7. The molecule has 0 saturated heterocycles. The predicted octanol–water partition coefficient (Wildman–Crippen LogP) is 2.84. The second kappa shape index (κ2) is 5.99. The van der Waals surface area contributed by atoms with Crippen molar-refractivity contribution >= 4 is 31.6 Å². The van der Waals surface area contributed by atoms with Crippen LogP contribution in [0.2, 0.25) is 0 Å². The first-order valence-electron chi connectivity index (χ1n) is 6.02. The molecule has 0 amide bonds. The normalized spacial score (nSPS) is 11.9. The molecule has 7 heteroatoms. The molecule has 108 valence electrons. The molecule has 0 aliphatic rings. The Balaban J connectivity index is 2.38. The maximum atomic E-state index is 12.7. The van der Waals surface area contributed by atoms with E-state index in [1.54, 1.807) is 31.2 Å². The number of furan rings is 1. The van der Waals surface area contributed by atoms with E-state index in [1.165, 1.54) is 16.6 Å². The first kappa shape index (κ1) is 15.1. The Morgan fingerprint density at radius 3 is 2.70 bits per heavy atom. The van der Waals surface area contributed by atoms with Gasteiger partial charge >= 0.3 is 0 Å². The van der Waals surface area contributed by atoms with Crippen LogP contribution < -0.4 is 5.73 Å². The minimum Gasteiger partial charge on any atom is -0.468 e. The number of nitrogens with zero attached hydrogens (tertiary/aromatic N) is 1. The van der Waals surface area contributed by atoms with Crippen LogP contribution in [0.4, 0.5) is 5.69 Å². The summed E-state index contributed by atoms with van der Waals surface area (Å²) in [4.78, 5) is 0.158. The number of nitrogen functional groups attached to an aromatic ring is 1. The fraction of sp³-hybridized carbons (Fsp3) is 0.231. The fourth-order valence-electron chi connectivity index (χ4n) is 1.80. The molecule has 0 radical (unpaired) electrons. The van der Waals surface area contributed by atoms with Crippen molar-refractivity contribution in [2.45, 2.75) is 18.4 Å². The monoisotopic (exact) mass is 358 g/mol. The van der Waals surface area contributed by atoms with Gasteiger partial charge in [-0.3, -0.25) is 0 Å². The van der Waals surface area contributed by atoms with Crippen molar-refractivity contribution in [2.24, 2.45) is 0 Å². The second-order valence-corrected chi connectivity index (χ2v) is 6.96. The lowest BCUT2D eigenvalue weighted by molar-refractivity contribution is 0.375. The summed E-state index contributed by atoms with van der Waals surface area (Å²) in [5.41, 5.74) is 6.08. The van der Waals surface area contributed by atoms with Crippen molar-refractivity contribution in [3.63, 3.8) is 0 Å². The van der Waals surface area contributed by atoms with Gasteiger partial charge in [-0.2, -0.15) is 4.31 Å². The van der Waals surface area contributed by atoms with Crippen LogP contribution in [0, 0.1) is 0 Å². The van der Waals surface area contributed by atoms with Crippen molar-refractivity contribution < 1.29 is 12.8 Å². The van der Waals surface area contributed by atoms with Gasteiger partial charge in [0.15, 0.2) is 0 Å². The third kappa shape index (κ3) is 3.05.